The lowest BCUT2D eigenvalue weighted by molar-refractivity contribution is -0.384. The summed E-state index contributed by atoms with van der Waals surface area (Å²) in [4.78, 5) is 9.86. The Morgan fingerprint density at radius 2 is 1.27 bits per heavy atom. The monoisotopic (exact) mass is 373 g/mol. The minimum absolute atomic E-state index is 0.0280. The van der Waals surface area contributed by atoms with Gasteiger partial charge in [0.1, 0.15) is 0 Å². The first kappa shape index (κ1) is 16.5. The van der Waals surface area contributed by atoms with Gasteiger partial charge < -0.3 is 0 Å². The van der Waals surface area contributed by atoms with Crippen molar-refractivity contribution in [2.75, 3.05) is 0 Å². The molecule has 3 atom stereocenters. The first-order valence-corrected chi connectivity index (χ1v) is 7.11. The molecular weight excluding hydrogens is 363 g/mol. The topological polar surface area (TPSA) is 43.1 Å². The van der Waals surface area contributed by atoms with Crippen LogP contribution >= 0.6 is 15.9 Å². The van der Waals surface area contributed by atoms with Crippen molar-refractivity contribution >= 4 is 21.6 Å². The second-order valence-electron chi connectivity index (χ2n) is 4.65. The van der Waals surface area contributed by atoms with E-state index in [9.17, 15) is 23.3 Å². The van der Waals surface area contributed by atoms with Crippen molar-refractivity contribution in [1.82, 2.24) is 0 Å². The van der Waals surface area contributed by atoms with Crippen molar-refractivity contribution in [2.45, 2.75) is 18.5 Å². The molecule has 0 fully saturated rings. The highest BCUT2D eigenvalue weighted by atomic mass is 79.9. The maximum atomic E-state index is 14.1. The van der Waals surface area contributed by atoms with Crippen LogP contribution in [0.25, 0.3) is 0 Å². The molecule has 0 aliphatic carbocycles. The fourth-order valence-corrected chi connectivity index (χ4v) is 2.21. The van der Waals surface area contributed by atoms with Gasteiger partial charge in [-0.2, -0.15) is 0 Å². The Labute approximate surface area is 133 Å². The van der Waals surface area contributed by atoms with Crippen LogP contribution in [-0.4, -0.2) is 11.1 Å². The van der Waals surface area contributed by atoms with Crippen molar-refractivity contribution in [1.29, 1.82) is 0 Å². The fourth-order valence-electron chi connectivity index (χ4n) is 1.94. The summed E-state index contributed by atoms with van der Waals surface area (Å²) in [5.74, 6) is 0. The largest absolute Gasteiger partial charge is 0.269 e. The standard InChI is InChI=1S/C15H11BrF3NO2/c16-11-5-1-9(2-6-11)13(17)15(19)14(18)10-3-7-12(8-4-10)20(21)22/h1-8,13-15H/t13-,14+,15+/m0/s1. The molecule has 0 aliphatic heterocycles. The number of nitro benzene ring substituents is 1. The predicted octanol–water partition coefficient (Wildman–Crippen LogP) is 5.42. The van der Waals surface area contributed by atoms with Crippen molar-refractivity contribution in [2.24, 2.45) is 0 Å². The van der Waals surface area contributed by atoms with Gasteiger partial charge in [-0.15, -0.1) is 0 Å². The molecule has 0 heterocycles. The minimum Gasteiger partial charge on any atom is -0.258 e. The number of nitro groups is 1. The Morgan fingerprint density at radius 3 is 1.68 bits per heavy atom. The van der Waals surface area contributed by atoms with Crippen LogP contribution in [0.15, 0.2) is 53.0 Å². The smallest absolute Gasteiger partial charge is 0.258 e. The third kappa shape index (κ3) is 3.65. The minimum atomic E-state index is -2.40. The molecule has 0 N–H and O–H groups in total. The summed E-state index contributed by atoms with van der Waals surface area (Å²) in [5, 5.41) is 10.5. The molecular formula is C15H11BrF3NO2. The van der Waals surface area contributed by atoms with Gasteiger partial charge in [0.2, 0.25) is 0 Å². The number of nitrogens with zero attached hydrogens (tertiary/aromatic N) is 1. The highest BCUT2D eigenvalue weighted by molar-refractivity contribution is 9.10. The summed E-state index contributed by atoms with van der Waals surface area (Å²) in [7, 11) is 0. The molecule has 7 heteroatoms. The van der Waals surface area contributed by atoms with Crippen LogP contribution in [0, 0.1) is 10.1 Å². The molecule has 116 valence electrons. The first-order chi connectivity index (χ1) is 10.4. The molecule has 0 amide bonds. The molecule has 0 saturated carbocycles. The van der Waals surface area contributed by atoms with Gasteiger partial charge in [-0.05, 0) is 35.4 Å². The number of rotatable bonds is 5. The van der Waals surface area contributed by atoms with Gasteiger partial charge in [-0.25, -0.2) is 13.2 Å². The molecule has 22 heavy (non-hydrogen) atoms. The van der Waals surface area contributed by atoms with E-state index < -0.39 is 23.4 Å². The molecule has 0 aliphatic rings. The molecule has 0 unspecified atom stereocenters. The van der Waals surface area contributed by atoms with Crippen LogP contribution < -0.4 is 0 Å². The van der Waals surface area contributed by atoms with E-state index in [1.54, 1.807) is 0 Å². The molecule has 3 nitrogen and oxygen atoms in total. The van der Waals surface area contributed by atoms with Crippen LogP contribution in [0.4, 0.5) is 18.9 Å². The number of non-ortho nitro benzene ring substituents is 1. The lowest BCUT2D eigenvalue weighted by Crippen LogP contribution is -2.16. The Kier molecular flexibility index (Phi) is 5.18. The number of halogens is 4. The van der Waals surface area contributed by atoms with E-state index in [2.05, 4.69) is 15.9 Å². The molecule has 2 aromatic carbocycles. The van der Waals surface area contributed by atoms with E-state index in [1.165, 1.54) is 24.3 Å². The van der Waals surface area contributed by atoms with E-state index in [4.69, 9.17) is 0 Å². The van der Waals surface area contributed by atoms with Gasteiger partial charge in [0, 0.05) is 16.6 Å². The molecule has 2 rings (SSSR count). The second kappa shape index (κ2) is 6.91. The van der Waals surface area contributed by atoms with Crippen LogP contribution in [0.3, 0.4) is 0 Å². The van der Waals surface area contributed by atoms with Crippen LogP contribution in [0.1, 0.15) is 23.5 Å². The SMILES string of the molecule is O=[N+]([O-])c1ccc([C@@H](F)[C@H](F)[C@@H](F)c2ccc(Br)cc2)cc1. The van der Waals surface area contributed by atoms with Gasteiger partial charge in [-0.1, -0.05) is 28.1 Å². The molecule has 0 bridgehead atoms. The van der Waals surface area contributed by atoms with Gasteiger partial charge in [0.15, 0.2) is 18.5 Å². The Hall–Kier alpha value is -1.89. The van der Waals surface area contributed by atoms with Crippen LogP contribution in [-0.2, 0) is 0 Å². The molecule has 0 radical (unpaired) electrons. The van der Waals surface area contributed by atoms with Crippen molar-refractivity contribution in [3.63, 3.8) is 0 Å². The van der Waals surface area contributed by atoms with Crippen molar-refractivity contribution in [3.8, 4) is 0 Å². The summed E-state index contributed by atoms with van der Waals surface area (Å²) in [6.07, 6.45) is -6.74. The fraction of sp³-hybridized carbons (Fsp3) is 0.200. The van der Waals surface area contributed by atoms with Gasteiger partial charge >= 0.3 is 0 Å². The summed E-state index contributed by atoms with van der Waals surface area (Å²) in [5.41, 5.74) is -0.353. The van der Waals surface area contributed by atoms with Gasteiger partial charge in [0.05, 0.1) is 4.92 Å². The maximum absolute atomic E-state index is 14.1. The number of hydrogen-bond acceptors (Lipinski definition) is 2. The summed E-state index contributed by atoms with van der Waals surface area (Å²) < 4.78 is 42.9. The van der Waals surface area contributed by atoms with E-state index in [1.807, 2.05) is 0 Å². The zero-order valence-electron chi connectivity index (χ0n) is 11.1. The average Bonchev–Trinajstić information content (AvgIpc) is 2.53. The lowest BCUT2D eigenvalue weighted by Gasteiger charge is -2.18. The van der Waals surface area contributed by atoms with Gasteiger partial charge in [-0.3, -0.25) is 10.1 Å². The Balaban J connectivity index is 2.15. The molecule has 2 aromatic rings. The normalized spacial score (nSPS) is 15.1. The summed E-state index contributed by atoms with van der Waals surface area (Å²) in [6, 6.07) is 10.1. The average molecular weight is 374 g/mol. The second-order valence-corrected chi connectivity index (χ2v) is 5.56. The predicted molar refractivity (Wildman–Crippen MR) is 79.8 cm³/mol. The molecule has 0 aromatic heterocycles. The zero-order valence-corrected chi connectivity index (χ0v) is 12.7. The third-order valence-electron chi connectivity index (χ3n) is 3.17. The van der Waals surface area contributed by atoms with Crippen molar-refractivity contribution in [3.05, 3.63) is 74.2 Å². The van der Waals surface area contributed by atoms with Crippen LogP contribution in [0.2, 0.25) is 0 Å². The number of benzene rings is 2. The van der Waals surface area contributed by atoms with Crippen molar-refractivity contribution < 1.29 is 18.1 Å². The third-order valence-corrected chi connectivity index (χ3v) is 3.70. The highest BCUT2D eigenvalue weighted by Gasteiger charge is 2.32. The van der Waals surface area contributed by atoms with Gasteiger partial charge in [0.25, 0.3) is 5.69 Å². The lowest BCUT2D eigenvalue weighted by atomic mass is 9.99. The highest BCUT2D eigenvalue weighted by Crippen LogP contribution is 2.35. The number of hydrogen-bond donors (Lipinski definition) is 0. The quantitative estimate of drug-likeness (QED) is 0.518. The molecule has 0 spiro atoms. The number of alkyl halides is 3. The summed E-state index contributed by atoms with van der Waals surface area (Å²) in [6.45, 7) is 0. The Bertz CT molecular complexity index is 649. The molecule has 0 saturated heterocycles. The zero-order chi connectivity index (χ0) is 16.3. The van der Waals surface area contributed by atoms with E-state index in [0.29, 0.717) is 4.47 Å². The van der Waals surface area contributed by atoms with E-state index >= 15 is 0 Å². The van der Waals surface area contributed by atoms with E-state index in [0.717, 1.165) is 24.3 Å². The summed E-state index contributed by atoms with van der Waals surface area (Å²) >= 11 is 3.17. The Morgan fingerprint density at radius 1 is 0.864 bits per heavy atom. The van der Waals surface area contributed by atoms with E-state index in [-0.39, 0.29) is 16.8 Å². The maximum Gasteiger partial charge on any atom is 0.269 e. The first-order valence-electron chi connectivity index (χ1n) is 6.32. The van der Waals surface area contributed by atoms with Crippen LogP contribution in [0.5, 0.6) is 0 Å².